The average molecular weight is 243 g/mol. The van der Waals surface area contributed by atoms with Gasteiger partial charge in [-0.2, -0.15) is 5.10 Å². The zero-order valence-electron chi connectivity index (χ0n) is 9.71. The minimum atomic E-state index is -0.363. The molecule has 0 unspecified atom stereocenters. The number of aliphatic hydroxyl groups is 1. The van der Waals surface area contributed by atoms with Gasteiger partial charge in [-0.1, -0.05) is 12.1 Å². The number of likely N-dealkylation sites (tertiary alicyclic amines) is 1. The van der Waals surface area contributed by atoms with Crippen LogP contribution in [0.2, 0.25) is 0 Å². The first-order valence-electron chi connectivity index (χ1n) is 5.81. The van der Waals surface area contributed by atoms with Gasteiger partial charge in [0.1, 0.15) is 0 Å². The van der Waals surface area contributed by atoms with Gasteiger partial charge in [-0.15, -0.1) is 0 Å². The third-order valence-corrected chi connectivity index (χ3v) is 3.09. The summed E-state index contributed by atoms with van der Waals surface area (Å²) in [6.07, 6.45) is 1.33. The molecule has 2 heterocycles. The summed E-state index contributed by atoms with van der Waals surface area (Å²) in [4.78, 5) is 13.6. The van der Waals surface area contributed by atoms with E-state index in [-0.39, 0.29) is 12.0 Å². The van der Waals surface area contributed by atoms with Gasteiger partial charge >= 0.3 is 0 Å². The lowest BCUT2D eigenvalue weighted by atomic mass is 10.1. The lowest BCUT2D eigenvalue weighted by molar-refractivity contribution is 0.00590. The number of amides is 1. The number of carbonyl (C=O) groups is 1. The van der Waals surface area contributed by atoms with Crippen molar-refractivity contribution in [1.82, 2.24) is 15.1 Å². The Balaban J connectivity index is 1.77. The molecule has 1 aliphatic rings. The van der Waals surface area contributed by atoms with Crippen molar-refractivity contribution in [3.8, 4) is 11.3 Å². The predicted molar refractivity (Wildman–Crippen MR) is 65.9 cm³/mol. The van der Waals surface area contributed by atoms with Crippen LogP contribution in [0.3, 0.4) is 0 Å². The largest absolute Gasteiger partial charge is 0.389 e. The molecule has 0 atom stereocenters. The fraction of sp³-hybridized carbons (Fsp3) is 0.231. The molecule has 0 aliphatic carbocycles. The summed E-state index contributed by atoms with van der Waals surface area (Å²) in [5.74, 6) is -0.0311. The van der Waals surface area contributed by atoms with E-state index in [0.717, 1.165) is 11.3 Å². The molecule has 1 aromatic carbocycles. The number of aliphatic hydroxyl groups excluding tert-OH is 1. The molecule has 0 radical (unpaired) electrons. The first kappa shape index (κ1) is 11.0. The molecule has 2 N–H and O–H groups in total. The van der Waals surface area contributed by atoms with Crippen LogP contribution in [0.25, 0.3) is 11.3 Å². The maximum Gasteiger partial charge on any atom is 0.254 e. The van der Waals surface area contributed by atoms with E-state index in [9.17, 15) is 9.90 Å². The standard InChI is InChI=1S/C13H13N3O2/c17-11-7-16(8-11)13(18)10-3-1-9(2-4-10)12-5-6-14-15-12/h1-6,11,17H,7-8H2,(H,14,15). The quantitative estimate of drug-likeness (QED) is 0.823. The van der Waals surface area contributed by atoms with Crippen LogP contribution in [0, 0.1) is 0 Å². The van der Waals surface area contributed by atoms with E-state index in [0.29, 0.717) is 18.7 Å². The fourth-order valence-corrected chi connectivity index (χ4v) is 2.01. The maximum atomic E-state index is 12.0. The van der Waals surface area contributed by atoms with Gasteiger partial charge in [0.25, 0.3) is 5.91 Å². The molecule has 1 fully saturated rings. The van der Waals surface area contributed by atoms with Crippen LogP contribution in [0.5, 0.6) is 0 Å². The van der Waals surface area contributed by atoms with Crippen molar-refractivity contribution in [2.75, 3.05) is 13.1 Å². The smallest absolute Gasteiger partial charge is 0.254 e. The van der Waals surface area contributed by atoms with Crippen LogP contribution in [0.15, 0.2) is 36.5 Å². The van der Waals surface area contributed by atoms with Gasteiger partial charge in [0.15, 0.2) is 0 Å². The van der Waals surface area contributed by atoms with Crippen molar-refractivity contribution >= 4 is 5.91 Å². The lowest BCUT2D eigenvalue weighted by Gasteiger charge is -2.35. The predicted octanol–water partition coefficient (Wildman–Crippen LogP) is 0.893. The number of nitrogens with zero attached hydrogens (tertiary/aromatic N) is 2. The Morgan fingerprint density at radius 1 is 1.28 bits per heavy atom. The van der Waals surface area contributed by atoms with Gasteiger partial charge < -0.3 is 10.0 Å². The van der Waals surface area contributed by atoms with E-state index in [2.05, 4.69) is 10.2 Å². The maximum absolute atomic E-state index is 12.0. The zero-order chi connectivity index (χ0) is 12.5. The SMILES string of the molecule is O=C(c1ccc(-c2ccn[nH]2)cc1)N1CC(O)C1. The molecule has 0 bridgehead atoms. The number of nitrogens with one attached hydrogen (secondary N) is 1. The topological polar surface area (TPSA) is 69.2 Å². The van der Waals surface area contributed by atoms with Crippen LogP contribution < -0.4 is 0 Å². The minimum Gasteiger partial charge on any atom is -0.389 e. The van der Waals surface area contributed by atoms with Crippen molar-refractivity contribution in [2.24, 2.45) is 0 Å². The highest BCUT2D eigenvalue weighted by Gasteiger charge is 2.29. The van der Waals surface area contributed by atoms with Gasteiger partial charge in [-0.3, -0.25) is 9.89 Å². The molecule has 3 rings (SSSR count). The van der Waals surface area contributed by atoms with E-state index in [4.69, 9.17) is 0 Å². The summed E-state index contributed by atoms with van der Waals surface area (Å²) in [6.45, 7) is 0.863. The summed E-state index contributed by atoms with van der Waals surface area (Å²) < 4.78 is 0. The molecule has 5 nitrogen and oxygen atoms in total. The first-order chi connectivity index (χ1) is 8.74. The van der Waals surface area contributed by atoms with Crippen molar-refractivity contribution in [1.29, 1.82) is 0 Å². The number of aromatic nitrogens is 2. The van der Waals surface area contributed by atoms with E-state index in [1.807, 2.05) is 18.2 Å². The van der Waals surface area contributed by atoms with Crippen molar-refractivity contribution < 1.29 is 9.90 Å². The Labute approximate surface area is 104 Å². The molecule has 0 saturated carbocycles. The van der Waals surface area contributed by atoms with Crippen molar-refractivity contribution in [3.63, 3.8) is 0 Å². The van der Waals surface area contributed by atoms with Gasteiger partial charge in [-0.25, -0.2) is 0 Å². The fourth-order valence-electron chi connectivity index (χ4n) is 2.01. The van der Waals surface area contributed by atoms with Gasteiger partial charge in [0.05, 0.1) is 11.8 Å². The van der Waals surface area contributed by atoms with E-state index >= 15 is 0 Å². The minimum absolute atomic E-state index is 0.0311. The number of β-amino-alcohol motifs (C(OH)–C–C–N with tert-alkyl or cyclic N) is 1. The van der Waals surface area contributed by atoms with Crippen LogP contribution in [0.1, 0.15) is 10.4 Å². The van der Waals surface area contributed by atoms with Crippen molar-refractivity contribution in [3.05, 3.63) is 42.1 Å². The summed E-state index contributed by atoms with van der Waals surface area (Å²) in [5.41, 5.74) is 2.56. The normalized spacial score (nSPS) is 15.5. The Hall–Kier alpha value is -2.14. The number of H-pyrrole nitrogens is 1. The second-order valence-corrected chi connectivity index (χ2v) is 4.41. The van der Waals surface area contributed by atoms with Gasteiger partial charge in [0.2, 0.25) is 0 Å². The number of benzene rings is 1. The molecular weight excluding hydrogens is 230 g/mol. The molecule has 18 heavy (non-hydrogen) atoms. The van der Waals surface area contributed by atoms with Crippen LogP contribution >= 0.6 is 0 Å². The number of carbonyl (C=O) groups excluding carboxylic acids is 1. The molecule has 2 aromatic rings. The zero-order valence-corrected chi connectivity index (χ0v) is 9.71. The molecule has 1 aromatic heterocycles. The highest BCUT2D eigenvalue weighted by atomic mass is 16.3. The summed E-state index contributed by atoms with van der Waals surface area (Å²) >= 11 is 0. The Morgan fingerprint density at radius 3 is 2.56 bits per heavy atom. The molecule has 5 heteroatoms. The second-order valence-electron chi connectivity index (χ2n) is 4.41. The number of hydrogen-bond acceptors (Lipinski definition) is 3. The Morgan fingerprint density at radius 2 is 2.00 bits per heavy atom. The van der Waals surface area contributed by atoms with Gasteiger partial charge in [-0.05, 0) is 23.8 Å². The van der Waals surface area contributed by atoms with Crippen LogP contribution in [-0.4, -0.2) is 45.3 Å². The van der Waals surface area contributed by atoms with Crippen LogP contribution in [0.4, 0.5) is 0 Å². The third-order valence-electron chi connectivity index (χ3n) is 3.09. The highest BCUT2D eigenvalue weighted by Crippen LogP contribution is 2.19. The van der Waals surface area contributed by atoms with E-state index in [1.165, 1.54) is 0 Å². The second kappa shape index (κ2) is 4.27. The number of hydrogen-bond donors (Lipinski definition) is 2. The highest BCUT2D eigenvalue weighted by molar-refractivity contribution is 5.95. The van der Waals surface area contributed by atoms with E-state index in [1.54, 1.807) is 23.2 Å². The molecule has 1 aliphatic heterocycles. The molecule has 92 valence electrons. The molecular formula is C13H13N3O2. The van der Waals surface area contributed by atoms with E-state index < -0.39 is 0 Å². The van der Waals surface area contributed by atoms with Crippen molar-refractivity contribution in [2.45, 2.75) is 6.10 Å². The summed E-state index contributed by atoms with van der Waals surface area (Å²) in [5, 5.41) is 15.9. The summed E-state index contributed by atoms with van der Waals surface area (Å²) in [6, 6.07) is 9.24. The Bertz CT molecular complexity index is 542. The number of aromatic amines is 1. The molecule has 1 saturated heterocycles. The molecule has 0 spiro atoms. The Kier molecular flexibility index (Phi) is 2.60. The average Bonchev–Trinajstić information content (AvgIpc) is 2.88. The van der Waals surface area contributed by atoms with Gasteiger partial charge in [0, 0.05) is 24.8 Å². The number of rotatable bonds is 2. The monoisotopic (exact) mass is 243 g/mol. The lowest BCUT2D eigenvalue weighted by Crippen LogP contribution is -2.53. The summed E-state index contributed by atoms with van der Waals surface area (Å²) in [7, 11) is 0. The third kappa shape index (κ3) is 1.89. The molecule has 1 amide bonds. The first-order valence-corrected chi connectivity index (χ1v) is 5.81. The van der Waals surface area contributed by atoms with Crippen LogP contribution in [-0.2, 0) is 0 Å².